The number of rotatable bonds is 10. The number of ether oxygens (including phenoxy) is 4. The van der Waals surface area contributed by atoms with E-state index in [0.717, 1.165) is 6.20 Å². The van der Waals surface area contributed by atoms with Crippen molar-refractivity contribution in [2.24, 2.45) is 5.14 Å². The summed E-state index contributed by atoms with van der Waals surface area (Å²) in [6.07, 6.45) is 0.947. The normalized spacial score (nSPS) is 10.9. The Morgan fingerprint density at radius 3 is 2.15 bits per heavy atom. The molecule has 0 amide bonds. The molecule has 3 rings (SSSR count). The molecule has 1 aromatic heterocycles. The molecule has 14 heteroatoms. The average Bonchev–Trinajstić information content (AvgIpc) is 2.80. The van der Waals surface area contributed by atoms with Crippen LogP contribution < -0.4 is 39.4 Å². The molecule has 0 unspecified atom stereocenters. The minimum atomic E-state index is -4.09. The van der Waals surface area contributed by atoms with Gasteiger partial charge in [-0.2, -0.15) is 13.4 Å². The number of hydrogen-bond acceptors (Lipinski definition) is 10. The van der Waals surface area contributed by atoms with Crippen molar-refractivity contribution >= 4 is 39.0 Å². The lowest BCUT2D eigenvalue weighted by Gasteiger charge is -2.16. The Kier molecular flexibility index (Phi) is 7.43. The third-order valence-electron chi connectivity index (χ3n) is 4.40. The van der Waals surface area contributed by atoms with Gasteiger partial charge in [-0.25, -0.2) is 14.5 Å². The van der Waals surface area contributed by atoms with Gasteiger partial charge >= 0.3 is 0 Å². The van der Waals surface area contributed by atoms with E-state index < -0.39 is 16.0 Å². The number of nitrogens with two attached hydrogens (primary N) is 1. The fourth-order valence-electron chi connectivity index (χ4n) is 2.92. The minimum Gasteiger partial charge on any atom is -0.497 e. The van der Waals surface area contributed by atoms with Crippen LogP contribution in [0.4, 0.5) is 33.2 Å². The summed E-state index contributed by atoms with van der Waals surface area (Å²) >= 11 is 0. The Morgan fingerprint density at radius 2 is 1.59 bits per heavy atom. The molecule has 0 atom stereocenters. The van der Waals surface area contributed by atoms with Crippen LogP contribution in [0.1, 0.15) is 0 Å². The second-order valence-electron chi connectivity index (χ2n) is 6.61. The molecule has 0 fully saturated rings. The summed E-state index contributed by atoms with van der Waals surface area (Å²) in [5.41, 5.74) is 0.676. The molecule has 0 saturated carbocycles. The molecule has 34 heavy (non-hydrogen) atoms. The smallest absolute Gasteiger partial charge is 0.296 e. The molecule has 0 aliphatic rings. The fraction of sp³-hybridized carbons (Fsp3) is 0.200. The Hall–Kier alpha value is -4.04. The SMILES string of the molecule is COc1ccc(NS(N)(=O)=O)c(Nc2nc(Nc3cc(OC)c(OC)c(OC)c3)ncc2F)c1. The Morgan fingerprint density at radius 1 is 0.912 bits per heavy atom. The first-order valence-corrected chi connectivity index (χ1v) is 11.1. The van der Waals surface area contributed by atoms with Crippen molar-refractivity contribution in [2.45, 2.75) is 0 Å². The zero-order chi connectivity index (χ0) is 24.9. The number of aromatic nitrogens is 2. The van der Waals surface area contributed by atoms with Gasteiger partial charge in [-0.1, -0.05) is 0 Å². The van der Waals surface area contributed by atoms with E-state index in [4.69, 9.17) is 24.1 Å². The van der Waals surface area contributed by atoms with Crippen LogP contribution in [0.15, 0.2) is 36.5 Å². The molecule has 0 bridgehead atoms. The van der Waals surface area contributed by atoms with E-state index in [9.17, 15) is 12.8 Å². The first kappa shape index (κ1) is 24.6. The molecular weight excluding hydrogens is 471 g/mol. The number of hydrogen-bond donors (Lipinski definition) is 4. The van der Waals surface area contributed by atoms with E-state index in [1.54, 1.807) is 12.1 Å². The Bertz CT molecular complexity index is 1270. The van der Waals surface area contributed by atoms with Crippen molar-refractivity contribution < 1.29 is 31.8 Å². The highest BCUT2D eigenvalue weighted by Crippen LogP contribution is 2.40. The highest BCUT2D eigenvalue weighted by atomic mass is 32.2. The third-order valence-corrected chi connectivity index (χ3v) is 4.90. The molecule has 0 radical (unpaired) electrons. The zero-order valence-corrected chi connectivity index (χ0v) is 19.5. The van der Waals surface area contributed by atoms with E-state index in [-0.39, 0.29) is 23.1 Å². The lowest BCUT2D eigenvalue weighted by Crippen LogP contribution is -2.22. The number of nitrogens with one attached hydrogen (secondary N) is 3. The van der Waals surface area contributed by atoms with Crippen molar-refractivity contribution in [2.75, 3.05) is 43.8 Å². The van der Waals surface area contributed by atoms with Gasteiger partial charge in [-0.3, -0.25) is 4.72 Å². The minimum absolute atomic E-state index is 0.0297. The zero-order valence-electron chi connectivity index (χ0n) is 18.7. The highest BCUT2D eigenvalue weighted by molar-refractivity contribution is 7.90. The van der Waals surface area contributed by atoms with Crippen LogP contribution in [0.5, 0.6) is 23.0 Å². The maximum absolute atomic E-state index is 14.5. The second kappa shape index (κ2) is 10.3. The maximum Gasteiger partial charge on any atom is 0.296 e. The van der Waals surface area contributed by atoms with Gasteiger partial charge < -0.3 is 29.6 Å². The molecule has 0 saturated heterocycles. The third kappa shape index (κ3) is 5.85. The molecular formula is C20H23FN6O6S. The van der Waals surface area contributed by atoms with E-state index in [0.29, 0.717) is 28.7 Å². The molecule has 182 valence electrons. The van der Waals surface area contributed by atoms with Crippen LogP contribution >= 0.6 is 0 Å². The average molecular weight is 495 g/mol. The molecule has 2 aromatic carbocycles. The second-order valence-corrected chi connectivity index (χ2v) is 7.91. The molecule has 0 aliphatic heterocycles. The lowest BCUT2D eigenvalue weighted by atomic mass is 10.2. The van der Waals surface area contributed by atoms with Crippen LogP contribution in [0.25, 0.3) is 0 Å². The number of halogens is 1. The van der Waals surface area contributed by atoms with Crippen molar-refractivity contribution in [3.63, 3.8) is 0 Å². The monoisotopic (exact) mass is 494 g/mol. The Labute approximate surface area is 195 Å². The van der Waals surface area contributed by atoms with E-state index in [2.05, 4.69) is 25.3 Å². The van der Waals surface area contributed by atoms with Crippen LogP contribution in [0, 0.1) is 5.82 Å². The van der Waals surface area contributed by atoms with Crippen LogP contribution in [-0.2, 0) is 10.2 Å². The lowest BCUT2D eigenvalue weighted by molar-refractivity contribution is 0.324. The van der Waals surface area contributed by atoms with E-state index >= 15 is 0 Å². The van der Waals surface area contributed by atoms with Gasteiger partial charge in [0.15, 0.2) is 23.1 Å². The van der Waals surface area contributed by atoms with Gasteiger partial charge in [0.2, 0.25) is 11.7 Å². The first-order valence-electron chi connectivity index (χ1n) is 9.52. The molecule has 1 heterocycles. The summed E-state index contributed by atoms with van der Waals surface area (Å²) in [5.74, 6) is 0.552. The van der Waals surface area contributed by atoms with Gasteiger partial charge in [0.1, 0.15) is 5.75 Å². The quantitative estimate of drug-likeness (QED) is 0.330. The number of nitrogens with zero attached hydrogens (tertiary/aromatic N) is 2. The van der Waals surface area contributed by atoms with Crippen LogP contribution in [0.2, 0.25) is 0 Å². The topological polar surface area (TPSA) is 159 Å². The molecule has 0 spiro atoms. The summed E-state index contributed by atoms with van der Waals surface area (Å²) in [6, 6.07) is 7.60. The maximum atomic E-state index is 14.5. The predicted octanol–water partition coefficient (Wildman–Crippen LogP) is 2.75. The molecule has 3 aromatic rings. The number of methoxy groups -OCH3 is 4. The van der Waals surface area contributed by atoms with Crippen molar-refractivity contribution in [1.29, 1.82) is 0 Å². The largest absolute Gasteiger partial charge is 0.497 e. The van der Waals surface area contributed by atoms with E-state index in [1.165, 1.54) is 46.6 Å². The van der Waals surface area contributed by atoms with Crippen molar-refractivity contribution in [3.8, 4) is 23.0 Å². The summed E-state index contributed by atoms with van der Waals surface area (Å²) in [4.78, 5) is 8.08. The standard InChI is InChI=1S/C20H23FN6O6S/c1-30-12-5-6-14(27-34(22,28)29)15(9-12)25-19-13(21)10-23-20(26-19)24-11-7-16(31-2)18(33-4)17(8-11)32-3/h5-10,27H,1-4H3,(H2,22,28,29)(H2,23,24,25,26). The fourth-order valence-corrected chi connectivity index (χ4v) is 3.41. The van der Waals surface area contributed by atoms with Crippen molar-refractivity contribution in [3.05, 3.63) is 42.3 Å². The predicted molar refractivity (Wildman–Crippen MR) is 124 cm³/mol. The molecule has 0 aliphatic carbocycles. The van der Waals surface area contributed by atoms with Crippen LogP contribution in [-0.4, -0.2) is 46.8 Å². The molecule has 12 nitrogen and oxygen atoms in total. The summed E-state index contributed by atoms with van der Waals surface area (Å²) in [7, 11) is 1.75. The van der Waals surface area contributed by atoms with Gasteiger partial charge in [0.05, 0.1) is 46.0 Å². The van der Waals surface area contributed by atoms with E-state index in [1.807, 2.05) is 0 Å². The highest BCUT2D eigenvalue weighted by Gasteiger charge is 2.16. The van der Waals surface area contributed by atoms with Crippen LogP contribution in [0.3, 0.4) is 0 Å². The van der Waals surface area contributed by atoms with Gasteiger partial charge in [-0.05, 0) is 12.1 Å². The number of benzene rings is 2. The van der Waals surface area contributed by atoms with Gasteiger partial charge in [-0.15, -0.1) is 0 Å². The summed E-state index contributed by atoms with van der Waals surface area (Å²) < 4.78 is 60.7. The summed E-state index contributed by atoms with van der Waals surface area (Å²) in [6.45, 7) is 0. The molecule has 5 N–H and O–H groups in total. The van der Waals surface area contributed by atoms with Crippen molar-refractivity contribution in [1.82, 2.24) is 9.97 Å². The number of anilines is 5. The Balaban J connectivity index is 1.95. The summed E-state index contributed by atoms with van der Waals surface area (Å²) in [5, 5.41) is 10.7. The first-order chi connectivity index (χ1) is 16.2. The van der Waals surface area contributed by atoms with Gasteiger partial charge in [0.25, 0.3) is 10.2 Å². The van der Waals surface area contributed by atoms with Gasteiger partial charge in [0, 0.05) is 23.9 Å².